The van der Waals surface area contributed by atoms with Crippen molar-refractivity contribution in [2.24, 2.45) is 0 Å². The van der Waals surface area contributed by atoms with E-state index in [-0.39, 0.29) is 0 Å². The molecule has 0 amide bonds. The Morgan fingerprint density at radius 2 is 2.29 bits per heavy atom. The van der Waals surface area contributed by atoms with Crippen LogP contribution in [0.3, 0.4) is 0 Å². The second kappa shape index (κ2) is 5.82. The number of hydrogen-bond acceptors (Lipinski definition) is 3. The lowest BCUT2D eigenvalue weighted by atomic mass is 9.93. The van der Waals surface area contributed by atoms with Crippen LogP contribution in [0.5, 0.6) is 0 Å². The molecule has 1 fully saturated rings. The monoisotopic (exact) mass is 284 g/mol. The minimum absolute atomic E-state index is 0.312. The van der Waals surface area contributed by atoms with E-state index in [2.05, 4.69) is 12.2 Å². The third-order valence-electron chi connectivity index (χ3n) is 4.25. The first kappa shape index (κ1) is 14.0. The first-order valence-corrected chi connectivity index (χ1v) is 7.56. The van der Waals surface area contributed by atoms with Gasteiger partial charge in [-0.3, -0.25) is 4.98 Å². The molecule has 21 heavy (non-hydrogen) atoms. The SMILES string of the molecule is CCc1ccc2nc(C3CCCNC3)cc(C(=O)O)c2c1. The van der Waals surface area contributed by atoms with Gasteiger partial charge in [-0.15, -0.1) is 0 Å². The maximum absolute atomic E-state index is 11.6. The van der Waals surface area contributed by atoms with Crippen LogP contribution in [-0.4, -0.2) is 29.1 Å². The summed E-state index contributed by atoms with van der Waals surface area (Å²) < 4.78 is 0. The summed E-state index contributed by atoms with van der Waals surface area (Å²) >= 11 is 0. The normalized spacial score (nSPS) is 18.8. The lowest BCUT2D eigenvalue weighted by molar-refractivity contribution is 0.0699. The van der Waals surface area contributed by atoms with E-state index in [0.29, 0.717) is 11.5 Å². The number of hydrogen-bond donors (Lipinski definition) is 2. The van der Waals surface area contributed by atoms with Gasteiger partial charge >= 0.3 is 5.97 Å². The Bertz CT molecular complexity index is 676. The number of aryl methyl sites for hydroxylation is 1. The molecule has 1 aromatic heterocycles. The Morgan fingerprint density at radius 3 is 2.95 bits per heavy atom. The van der Waals surface area contributed by atoms with Crippen molar-refractivity contribution >= 4 is 16.9 Å². The number of carboxylic acid groups (broad SMARTS) is 1. The number of pyridine rings is 1. The second-order valence-electron chi connectivity index (χ2n) is 5.65. The third kappa shape index (κ3) is 2.76. The van der Waals surface area contributed by atoms with Crippen LogP contribution in [0.2, 0.25) is 0 Å². The quantitative estimate of drug-likeness (QED) is 0.909. The van der Waals surface area contributed by atoms with Crippen LogP contribution >= 0.6 is 0 Å². The van der Waals surface area contributed by atoms with Crippen molar-refractivity contribution in [1.82, 2.24) is 10.3 Å². The number of rotatable bonds is 3. The first-order valence-electron chi connectivity index (χ1n) is 7.56. The van der Waals surface area contributed by atoms with E-state index in [1.54, 1.807) is 6.07 Å². The lowest BCUT2D eigenvalue weighted by Gasteiger charge is -2.23. The maximum Gasteiger partial charge on any atom is 0.336 e. The zero-order chi connectivity index (χ0) is 14.8. The number of nitrogens with one attached hydrogen (secondary N) is 1. The third-order valence-corrected chi connectivity index (χ3v) is 4.25. The van der Waals surface area contributed by atoms with E-state index in [9.17, 15) is 9.90 Å². The smallest absolute Gasteiger partial charge is 0.336 e. The molecule has 1 aliphatic heterocycles. The summed E-state index contributed by atoms with van der Waals surface area (Å²) in [6.45, 7) is 3.98. The van der Waals surface area contributed by atoms with Crippen molar-refractivity contribution < 1.29 is 9.90 Å². The predicted octanol–water partition coefficient (Wildman–Crippen LogP) is 2.96. The molecular formula is C17H20N2O2. The molecule has 1 aromatic carbocycles. The van der Waals surface area contributed by atoms with Gasteiger partial charge < -0.3 is 10.4 Å². The number of nitrogens with zero attached hydrogens (tertiary/aromatic N) is 1. The molecule has 110 valence electrons. The molecule has 0 bridgehead atoms. The van der Waals surface area contributed by atoms with Gasteiger partial charge in [0.15, 0.2) is 0 Å². The van der Waals surface area contributed by atoms with Crippen LogP contribution in [0.25, 0.3) is 10.9 Å². The largest absolute Gasteiger partial charge is 0.478 e. The molecule has 2 aromatic rings. The highest BCUT2D eigenvalue weighted by molar-refractivity contribution is 6.02. The van der Waals surface area contributed by atoms with Gasteiger partial charge in [0.25, 0.3) is 0 Å². The van der Waals surface area contributed by atoms with Crippen molar-refractivity contribution in [3.63, 3.8) is 0 Å². The fourth-order valence-corrected chi connectivity index (χ4v) is 3.00. The number of benzene rings is 1. The van der Waals surface area contributed by atoms with Crippen LogP contribution in [0.15, 0.2) is 24.3 Å². The summed E-state index contributed by atoms with van der Waals surface area (Å²) in [6.07, 6.45) is 3.07. The number of aromatic nitrogens is 1. The topological polar surface area (TPSA) is 62.2 Å². The summed E-state index contributed by atoms with van der Waals surface area (Å²) in [6, 6.07) is 7.70. The standard InChI is InChI=1S/C17H20N2O2/c1-2-11-5-6-15-13(8-11)14(17(20)21)9-16(19-15)12-4-3-7-18-10-12/h5-6,8-9,12,18H,2-4,7,10H2,1H3,(H,20,21). The van der Waals surface area contributed by atoms with E-state index < -0.39 is 5.97 Å². The molecule has 1 unspecified atom stereocenters. The number of carbonyl (C=O) groups is 1. The molecular weight excluding hydrogens is 264 g/mol. The molecule has 1 saturated heterocycles. The Kier molecular flexibility index (Phi) is 3.88. The van der Waals surface area contributed by atoms with Crippen molar-refractivity contribution in [2.75, 3.05) is 13.1 Å². The van der Waals surface area contributed by atoms with Gasteiger partial charge in [-0.1, -0.05) is 13.0 Å². The zero-order valence-electron chi connectivity index (χ0n) is 12.2. The molecule has 2 N–H and O–H groups in total. The van der Waals surface area contributed by atoms with Gasteiger partial charge in [-0.2, -0.15) is 0 Å². The fourth-order valence-electron chi connectivity index (χ4n) is 3.00. The number of carboxylic acids is 1. The summed E-state index contributed by atoms with van der Waals surface area (Å²) in [5.41, 5.74) is 3.19. The zero-order valence-corrected chi connectivity index (χ0v) is 12.2. The van der Waals surface area contributed by atoms with Crippen LogP contribution < -0.4 is 5.32 Å². The van der Waals surface area contributed by atoms with E-state index in [4.69, 9.17) is 4.98 Å². The van der Waals surface area contributed by atoms with Gasteiger partial charge in [0.1, 0.15) is 0 Å². The molecule has 4 heteroatoms. The Hall–Kier alpha value is -1.94. The average molecular weight is 284 g/mol. The lowest BCUT2D eigenvalue weighted by Crippen LogP contribution is -2.29. The minimum atomic E-state index is -0.874. The van der Waals surface area contributed by atoms with Crippen molar-refractivity contribution in [1.29, 1.82) is 0 Å². The molecule has 0 saturated carbocycles. The fraction of sp³-hybridized carbons (Fsp3) is 0.412. The Balaban J connectivity index is 2.13. The van der Waals surface area contributed by atoms with Crippen LogP contribution in [0.4, 0.5) is 0 Å². The van der Waals surface area contributed by atoms with Gasteiger partial charge in [-0.25, -0.2) is 4.79 Å². The van der Waals surface area contributed by atoms with Gasteiger partial charge in [0.05, 0.1) is 11.1 Å². The molecule has 0 radical (unpaired) electrons. The average Bonchev–Trinajstić information content (AvgIpc) is 2.54. The van der Waals surface area contributed by atoms with E-state index >= 15 is 0 Å². The molecule has 4 nitrogen and oxygen atoms in total. The number of piperidine rings is 1. The Morgan fingerprint density at radius 1 is 1.43 bits per heavy atom. The highest BCUT2D eigenvalue weighted by Crippen LogP contribution is 2.27. The minimum Gasteiger partial charge on any atom is -0.478 e. The summed E-state index contributed by atoms with van der Waals surface area (Å²) in [5.74, 6) is -0.562. The first-order chi connectivity index (χ1) is 10.2. The van der Waals surface area contributed by atoms with E-state index in [0.717, 1.165) is 54.5 Å². The van der Waals surface area contributed by atoms with E-state index in [1.165, 1.54) is 0 Å². The van der Waals surface area contributed by atoms with Crippen LogP contribution in [0, 0.1) is 0 Å². The molecule has 2 heterocycles. The van der Waals surface area contributed by atoms with Crippen LogP contribution in [0.1, 0.15) is 47.3 Å². The van der Waals surface area contributed by atoms with E-state index in [1.807, 2.05) is 18.2 Å². The summed E-state index contributed by atoms with van der Waals surface area (Å²) in [5, 5.41) is 13.6. The molecule has 0 spiro atoms. The summed E-state index contributed by atoms with van der Waals surface area (Å²) in [7, 11) is 0. The maximum atomic E-state index is 11.6. The Labute approximate surface area is 124 Å². The number of aromatic carboxylic acids is 1. The molecule has 3 rings (SSSR count). The highest BCUT2D eigenvalue weighted by atomic mass is 16.4. The number of fused-ring (bicyclic) bond motifs is 1. The van der Waals surface area contributed by atoms with Crippen molar-refractivity contribution in [3.05, 3.63) is 41.1 Å². The summed E-state index contributed by atoms with van der Waals surface area (Å²) in [4.78, 5) is 16.3. The van der Waals surface area contributed by atoms with Crippen LogP contribution in [-0.2, 0) is 6.42 Å². The molecule has 0 aliphatic carbocycles. The highest BCUT2D eigenvalue weighted by Gasteiger charge is 2.20. The van der Waals surface area contributed by atoms with Crippen molar-refractivity contribution in [2.45, 2.75) is 32.1 Å². The molecule has 1 atom stereocenters. The van der Waals surface area contributed by atoms with Gasteiger partial charge in [0.2, 0.25) is 0 Å². The van der Waals surface area contributed by atoms with Gasteiger partial charge in [0, 0.05) is 23.5 Å². The van der Waals surface area contributed by atoms with Gasteiger partial charge in [-0.05, 0) is 49.6 Å². The second-order valence-corrected chi connectivity index (χ2v) is 5.65. The van der Waals surface area contributed by atoms with Crippen molar-refractivity contribution in [3.8, 4) is 0 Å². The molecule has 1 aliphatic rings. The predicted molar refractivity (Wildman–Crippen MR) is 82.9 cm³/mol.